The van der Waals surface area contributed by atoms with Crippen molar-refractivity contribution in [3.63, 3.8) is 0 Å². The quantitative estimate of drug-likeness (QED) is 0.664. The van der Waals surface area contributed by atoms with Crippen LogP contribution in [0.25, 0.3) is 10.9 Å². The molecule has 3 heterocycles. The van der Waals surface area contributed by atoms with Gasteiger partial charge in [0.1, 0.15) is 4.90 Å². The minimum Gasteiger partial charge on any atom is -0.352 e. The molecule has 1 unspecified atom stereocenters. The van der Waals surface area contributed by atoms with Crippen molar-refractivity contribution in [2.24, 2.45) is 11.3 Å². The fraction of sp³-hybridized carbons (Fsp3) is 0.348. The van der Waals surface area contributed by atoms with E-state index in [0.717, 1.165) is 30.2 Å². The molecule has 160 valence electrons. The highest BCUT2D eigenvalue weighted by molar-refractivity contribution is 7.89. The monoisotopic (exact) mass is 436 g/mol. The van der Waals surface area contributed by atoms with Gasteiger partial charge in [-0.05, 0) is 48.1 Å². The molecule has 7 nitrogen and oxygen atoms in total. The number of sulfonamides is 1. The summed E-state index contributed by atoms with van der Waals surface area (Å²) in [5, 5.41) is 3.79. The lowest BCUT2D eigenvalue weighted by atomic mass is 9.62. The number of hydrogen-bond donors (Lipinski definition) is 1. The largest absolute Gasteiger partial charge is 0.352 e. The van der Waals surface area contributed by atoms with E-state index in [1.807, 2.05) is 24.3 Å². The van der Waals surface area contributed by atoms with Crippen LogP contribution in [0, 0.1) is 11.3 Å². The number of pyridine rings is 2. The predicted molar refractivity (Wildman–Crippen MR) is 116 cm³/mol. The molecule has 2 aromatic heterocycles. The SMILES string of the molecule is O=C(NCc1ccncc1)C1CN(S(=O)(=O)c2cccc3cccnc23)CC12CCC2. The van der Waals surface area contributed by atoms with E-state index in [1.54, 1.807) is 36.8 Å². The van der Waals surface area contributed by atoms with E-state index >= 15 is 0 Å². The molecule has 1 spiro atoms. The van der Waals surface area contributed by atoms with Crippen LogP contribution in [-0.4, -0.2) is 41.7 Å². The number of aromatic nitrogens is 2. The van der Waals surface area contributed by atoms with Crippen LogP contribution >= 0.6 is 0 Å². The third-order valence-corrected chi connectivity index (χ3v) is 8.56. The highest BCUT2D eigenvalue weighted by Crippen LogP contribution is 2.52. The lowest BCUT2D eigenvalue weighted by Gasteiger charge is -2.42. The first kappa shape index (κ1) is 20.1. The van der Waals surface area contributed by atoms with Gasteiger partial charge in [-0.15, -0.1) is 0 Å². The van der Waals surface area contributed by atoms with Gasteiger partial charge in [0.05, 0.1) is 11.4 Å². The average molecular weight is 437 g/mol. The zero-order valence-electron chi connectivity index (χ0n) is 17.1. The summed E-state index contributed by atoms with van der Waals surface area (Å²) in [5.74, 6) is -0.425. The van der Waals surface area contributed by atoms with Crippen molar-refractivity contribution in [2.45, 2.75) is 30.7 Å². The van der Waals surface area contributed by atoms with Gasteiger partial charge >= 0.3 is 0 Å². The van der Waals surface area contributed by atoms with Gasteiger partial charge in [-0.2, -0.15) is 4.31 Å². The first-order chi connectivity index (χ1) is 15.0. The Labute approximate surface area is 181 Å². The molecule has 0 radical (unpaired) electrons. The van der Waals surface area contributed by atoms with Gasteiger partial charge in [0, 0.05) is 43.6 Å². The molecular weight excluding hydrogens is 412 g/mol. The molecule has 3 aromatic rings. The van der Waals surface area contributed by atoms with Crippen LogP contribution < -0.4 is 5.32 Å². The Morgan fingerprint density at radius 2 is 1.87 bits per heavy atom. The van der Waals surface area contributed by atoms with Crippen molar-refractivity contribution in [3.8, 4) is 0 Å². The maximum atomic E-state index is 13.6. The number of amides is 1. The number of rotatable bonds is 5. The van der Waals surface area contributed by atoms with Crippen molar-refractivity contribution in [1.82, 2.24) is 19.6 Å². The average Bonchev–Trinajstić information content (AvgIpc) is 3.20. The number of benzene rings is 1. The molecule has 1 aromatic carbocycles. The number of nitrogens with zero attached hydrogens (tertiary/aromatic N) is 3. The number of nitrogens with one attached hydrogen (secondary N) is 1. The Morgan fingerprint density at radius 1 is 1.10 bits per heavy atom. The smallest absolute Gasteiger partial charge is 0.245 e. The Bertz CT molecular complexity index is 1220. The van der Waals surface area contributed by atoms with Gasteiger partial charge in [0.2, 0.25) is 15.9 Å². The molecule has 8 heteroatoms. The molecule has 2 fully saturated rings. The zero-order valence-corrected chi connectivity index (χ0v) is 17.9. The molecule has 1 aliphatic heterocycles. The molecule has 0 bridgehead atoms. The second kappa shape index (κ2) is 7.69. The predicted octanol–water partition coefficient (Wildman–Crippen LogP) is 2.74. The fourth-order valence-electron chi connectivity index (χ4n) is 4.84. The second-order valence-corrected chi connectivity index (χ2v) is 10.4. The van der Waals surface area contributed by atoms with Crippen LogP contribution in [0.3, 0.4) is 0 Å². The van der Waals surface area contributed by atoms with E-state index in [2.05, 4.69) is 15.3 Å². The molecule has 1 amide bonds. The van der Waals surface area contributed by atoms with Gasteiger partial charge in [-0.3, -0.25) is 14.8 Å². The van der Waals surface area contributed by atoms with Crippen LogP contribution in [0.4, 0.5) is 0 Å². The summed E-state index contributed by atoms with van der Waals surface area (Å²) in [6.45, 7) is 0.994. The lowest BCUT2D eigenvalue weighted by Crippen LogP contribution is -2.45. The van der Waals surface area contributed by atoms with E-state index in [1.165, 1.54) is 4.31 Å². The van der Waals surface area contributed by atoms with E-state index in [0.29, 0.717) is 18.6 Å². The molecule has 1 aliphatic carbocycles. The van der Waals surface area contributed by atoms with Crippen molar-refractivity contribution < 1.29 is 13.2 Å². The maximum absolute atomic E-state index is 13.6. The van der Waals surface area contributed by atoms with Gasteiger partial charge in [-0.25, -0.2) is 8.42 Å². The number of carbonyl (C=O) groups is 1. The van der Waals surface area contributed by atoms with Gasteiger partial charge in [0.15, 0.2) is 0 Å². The van der Waals surface area contributed by atoms with Crippen molar-refractivity contribution in [2.75, 3.05) is 13.1 Å². The van der Waals surface area contributed by atoms with Crippen LogP contribution in [0.1, 0.15) is 24.8 Å². The van der Waals surface area contributed by atoms with Gasteiger partial charge < -0.3 is 5.32 Å². The summed E-state index contributed by atoms with van der Waals surface area (Å²) in [6.07, 6.45) is 7.76. The summed E-state index contributed by atoms with van der Waals surface area (Å²) in [7, 11) is -3.76. The first-order valence-corrected chi connectivity index (χ1v) is 11.9. The summed E-state index contributed by atoms with van der Waals surface area (Å²) >= 11 is 0. The van der Waals surface area contributed by atoms with Crippen LogP contribution in [0.15, 0.2) is 66.0 Å². The molecule has 1 saturated carbocycles. The summed E-state index contributed by atoms with van der Waals surface area (Å²) in [6, 6.07) is 12.6. The Hall–Kier alpha value is -2.84. The van der Waals surface area contributed by atoms with Gasteiger partial charge in [-0.1, -0.05) is 24.6 Å². The highest BCUT2D eigenvalue weighted by Gasteiger charge is 2.55. The molecular formula is C23H24N4O3S. The number of fused-ring (bicyclic) bond motifs is 1. The summed E-state index contributed by atoms with van der Waals surface area (Å²) in [4.78, 5) is 21.6. The number of carbonyl (C=O) groups excluding carboxylic acids is 1. The molecule has 1 saturated heterocycles. The summed E-state index contributed by atoms with van der Waals surface area (Å²) in [5.41, 5.74) is 1.17. The number of hydrogen-bond acceptors (Lipinski definition) is 5. The topological polar surface area (TPSA) is 92.3 Å². The second-order valence-electron chi connectivity index (χ2n) is 8.47. The Balaban J connectivity index is 1.40. The Morgan fingerprint density at radius 3 is 2.61 bits per heavy atom. The van der Waals surface area contributed by atoms with E-state index < -0.39 is 10.0 Å². The Kier molecular flexibility index (Phi) is 4.98. The van der Waals surface area contributed by atoms with Crippen LogP contribution in [0.2, 0.25) is 0 Å². The minimum atomic E-state index is -3.76. The van der Waals surface area contributed by atoms with Crippen molar-refractivity contribution >= 4 is 26.8 Å². The van der Waals surface area contributed by atoms with E-state index in [9.17, 15) is 13.2 Å². The molecule has 31 heavy (non-hydrogen) atoms. The summed E-state index contributed by atoms with van der Waals surface area (Å²) < 4.78 is 28.6. The van der Waals surface area contributed by atoms with Gasteiger partial charge in [0.25, 0.3) is 0 Å². The van der Waals surface area contributed by atoms with E-state index in [4.69, 9.17) is 0 Å². The third kappa shape index (κ3) is 3.49. The van der Waals surface area contributed by atoms with Crippen molar-refractivity contribution in [3.05, 3.63) is 66.6 Å². The first-order valence-electron chi connectivity index (χ1n) is 10.5. The standard InChI is InChI=1S/C23H24N4O3S/c28-22(26-14-17-7-12-24-13-8-17)19-15-27(16-23(19)9-3-10-23)31(29,30)20-6-1-4-18-5-2-11-25-21(18)20/h1-2,4-8,11-13,19H,3,9-10,14-16H2,(H,26,28). The third-order valence-electron chi connectivity index (χ3n) is 6.71. The van der Waals surface area contributed by atoms with E-state index in [-0.39, 0.29) is 28.7 Å². The highest BCUT2D eigenvalue weighted by atomic mass is 32.2. The molecule has 1 N–H and O–H groups in total. The van der Waals surface area contributed by atoms with Crippen LogP contribution in [-0.2, 0) is 21.4 Å². The maximum Gasteiger partial charge on any atom is 0.245 e. The minimum absolute atomic E-state index is 0.0785. The molecule has 5 rings (SSSR count). The van der Waals surface area contributed by atoms with Crippen LogP contribution in [0.5, 0.6) is 0 Å². The lowest BCUT2D eigenvalue weighted by molar-refractivity contribution is -0.129. The zero-order chi connectivity index (χ0) is 21.5. The fourth-order valence-corrected chi connectivity index (χ4v) is 6.56. The molecule has 1 atom stereocenters. The van der Waals surface area contributed by atoms with Crippen molar-refractivity contribution in [1.29, 1.82) is 0 Å². The normalized spacial score (nSPS) is 20.6. The molecule has 2 aliphatic rings. The number of para-hydroxylation sites is 1.